The Morgan fingerprint density at radius 1 is 0.846 bits per heavy atom. The molecule has 0 aliphatic carbocycles. The van der Waals surface area contributed by atoms with Gasteiger partial charge in [-0.3, -0.25) is 9.59 Å². The van der Waals surface area contributed by atoms with Crippen LogP contribution in [0.15, 0.2) is 48.5 Å². The summed E-state index contributed by atoms with van der Waals surface area (Å²) in [5.41, 5.74) is 3.11. The Bertz CT molecular complexity index is 731. The van der Waals surface area contributed by atoms with Crippen molar-refractivity contribution in [1.82, 2.24) is 9.80 Å². The molecule has 1 fully saturated rings. The van der Waals surface area contributed by atoms with E-state index in [9.17, 15) is 9.59 Å². The van der Waals surface area contributed by atoms with E-state index in [1.54, 1.807) is 6.07 Å². The van der Waals surface area contributed by atoms with Crippen LogP contribution in [0.5, 0.6) is 0 Å². The van der Waals surface area contributed by atoms with E-state index in [-0.39, 0.29) is 11.8 Å². The minimum atomic E-state index is 0.0815. The Kier molecular flexibility index (Phi) is 5.94. The third kappa shape index (κ3) is 4.85. The van der Waals surface area contributed by atoms with Crippen LogP contribution < -0.4 is 0 Å². The van der Waals surface area contributed by atoms with Gasteiger partial charge in [0, 0.05) is 31.2 Å². The standard InChI is InChI=1S/C21H23ClN2O2/c1-16-4-2-5-17(12-16)14-20(25)23-8-10-24(11-9-23)21(26)15-18-6-3-7-19(22)13-18/h2-7,12-13H,8-11,14-15H2,1H3. The molecule has 0 N–H and O–H groups in total. The molecule has 2 amide bonds. The molecular formula is C21H23ClN2O2. The second kappa shape index (κ2) is 8.37. The third-order valence-electron chi connectivity index (χ3n) is 4.67. The summed E-state index contributed by atoms with van der Waals surface area (Å²) in [6.07, 6.45) is 0.760. The monoisotopic (exact) mass is 370 g/mol. The van der Waals surface area contributed by atoms with E-state index in [0.29, 0.717) is 44.0 Å². The number of carbonyl (C=O) groups excluding carboxylic acids is 2. The lowest BCUT2D eigenvalue weighted by Crippen LogP contribution is -2.51. The topological polar surface area (TPSA) is 40.6 Å². The molecule has 0 spiro atoms. The van der Waals surface area contributed by atoms with Crippen LogP contribution in [0.3, 0.4) is 0 Å². The Balaban J connectivity index is 1.50. The van der Waals surface area contributed by atoms with Crippen LogP contribution in [-0.4, -0.2) is 47.8 Å². The lowest BCUT2D eigenvalue weighted by Gasteiger charge is -2.35. The molecule has 1 aliphatic heterocycles. The van der Waals surface area contributed by atoms with Gasteiger partial charge >= 0.3 is 0 Å². The smallest absolute Gasteiger partial charge is 0.227 e. The number of carbonyl (C=O) groups is 2. The SMILES string of the molecule is Cc1cccc(CC(=O)N2CCN(C(=O)Cc3cccc(Cl)c3)CC2)c1. The van der Waals surface area contributed by atoms with Gasteiger partial charge in [0.15, 0.2) is 0 Å². The molecule has 1 saturated heterocycles. The molecule has 4 nitrogen and oxygen atoms in total. The molecule has 0 atom stereocenters. The normalized spacial score (nSPS) is 14.4. The van der Waals surface area contributed by atoms with E-state index in [1.807, 2.05) is 59.2 Å². The second-order valence-corrected chi connectivity index (χ2v) is 7.17. The van der Waals surface area contributed by atoms with E-state index >= 15 is 0 Å². The van der Waals surface area contributed by atoms with Crippen molar-refractivity contribution in [3.63, 3.8) is 0 Å². The number of piperazine rings is 1. The number of rotatable bonds is 4. The van der Waals surface area contributed by atoms with Gasteiger partial charge < -0.3 is 9.80 Å². The van der Waals surface area contributed by atoms with E-state index in [4.69, 9.17) is 11.6 Å². The second-order valence-electron chi connectivity index (χ2n) is 6.73. The average molecular weight is 371 g/mol. The van der Waals surface area contributed by atoms with E-state index in [2.05, 4.69) is 0 Å². The zero-order valence-corrected chi connectivity index (χ0v) is 15.7. The van der Waals surface area contributed by atoms with Crippen LogP contribution in [0.25, 0.3) is 0 Å². The maximum atomic E-state index is 12.5. The summed E-state index contributed by atoms with van der Waals surface area (Å²) < 4.78 is 0. The number of hydrogen-bond acceptors (Lipinski definition) is 2. The van der Waals surface area contributed by atoms with Crippen LogP contribution in [0.4, 0.5) is 0 Å². The number of benzene rings is 2. The quantitative estimate of drug-likeness (QED) is 0.829. The van der Waals surface area contributed by atoms with Crippen molar-refractivity contribution in [2.24, 2.45) is 0 Å². The van der Waals surface area contributed by atoms with E-state index < -0.39 is 0 Å². The highest BCUT2D eigenvalue weighted by Crippen LogP contribution is 2.13. The van der Waals surface area contributed by atoms with Gasteiger partial charge in [-0.1, -0.05) is 53.6 Å². The highest BCUT2D eigenvalue weighted by atomic mass is 35.5. The van der Waals surface area contributed by atoms with Crippen molar-refractivity contribution < 1.29 is 9.59 Å². The summed E-state index contributed by atoms with van der Waals surface area (Å²) in [6.45, 7) is 4.37. The molecular weight excluding hydrogens is 348 g/mol. The van der Waals surface area contributed by atoms with Gasteiger partial charge in [-0.15, -0.1) is 0 Å². The zero-order chi connectivity index (χ0) is 18.5. The van der Waals surface area contributed by atoms with Gasteiger partial charge in [-0.05, 0) is 30.2 Å². The number of nitrogens with zero attached hydrogens (tertiary/aromatic N) is 2. The molecule has 0 radical (unpaired) electrons. The minimum Gasteiger partial charge on any atom is -0.339 e. The van der Waals surface area contributed by atoms with Gasteiger partial charge in [0.25, 0.3) is 0 Å². The summed E-state index contributed by atoms with van der Waals surface area (Å²) in [5, 5.41) is 0.641. The van der Waals surface area contributed by atoms with E-state index in [0.717, 1.165) is 16.7 Å². The van der Waals surface area contributed by atoms with Crippen molar-refractivity contribution >= 4 is 23.4 Å². The Morgan fingerprint density at radius 2 is 1.35 bits per heavy atom. The fourth-order valence-electron chi connectivity index (χ4n) is 3.25. The summed E-state index contributed by atoms with van der Waals surface area (Å²) in [5.74, 6) is 0.204. The van der Waals surface area contributed by atoms with Crippen molar-refractivity contribution in [2.45, 2.75) is 19.8 Å². The summed E-state index contributed by atoms with van der Waals surface area (Å²) >= 11 is 5.98. The highest BCUT2D eigenvalue weighted by Gasteiger charge is 2.24. The van der Waals surface area contributed by atoms with Crippen LogP contribution in [0.2, 0.25) is 5.02 Å². The molecule has 0 bridgehead atoms. The molecule has 2 aromatic carbocycles. The molecule has 0 aromatic heterocycles. The first-order valence-electron chi connectivity index (χ1n) is 8.87. The predicted octanol–water partition coefficient (Wildman–Crippen LogP) is 3.10. The van der Waals surface area contributed by atoms with Crippen molar-refractivity contribution in [2.75, 3.05) is 26.2 Å². The van der Waals surface area contributed by atoms with Crippen molar-refractivity contribution in [1.29, 1.82) is 0 Å². The molecule has 26 heavy (non-hydrogen) atoms. The maximum absolute atomic E-state index is 12.5. The first kappa shape index (κ1) is 18.5. The summed E-state index contributed by atoms with van der Waals surface area (Å²) in [4.78, 5) is 28.6. The summed E-state index contributed by atoms with van der Waals surface area (Å²) in [7, 11) is 0. The van der Waals surface area contributed by atoms with Crippen LogP contribution in [0, 0.1) is 6.92 Å². The lowest BCUT2D eigenvalue weighted by atomic mass is 10.1. The average Bonchev–Trinajstić information content (AvgIpc) is 2.62. The Hall–Kier alpha value is -2.33. The molecule has 0 unspecified atom stereocenters. The zero-order valence-electron chi connectivity index (χ0n) is 15.0. The Morgan fingerprint density at radius 3 is 1.85 bits per heavy atom. The number of amides is 2. The first-order chi connectivity index (χ1) is 12.5. The van der Waals surface area contributed by atoms with Gasteiger partial charge in [0.05, 0.1) is 12.8 Å². The molecule has 2 aromatic rings. The van der Waals surface area contributed by atoms with Crippen molar-refractivity contribution in [3.05, 3.63) is 70.2 Å². The molecule has 3 rings (SSSR count). The summed E-state index contributed by atoms with van der Waals surface area (Å²) in [6, 6.07) is 15.4. The number of hydrogen-bond donors (Lipinski definition) is 0. The fraction of sp³-hybridized carbons (Fsp3) is 0.333. The Labute approximate surface area is 159 Å². The molecule has 5 heteroatoms. The highest BCUT2D eigenvalue weighted by molar-refractivity contribution is 6.30. The number of aryl methyl sites for hydroxylation is 1. The maximum Gasteiger partial charge on any atom is 0.227 e. The number of halogens is 1. The van der Waals surface area contributed by atoms with Crippen LogP contribution >= 0.6 is 11.6 Å². The van der Waals surface area contributed by atoms with Gasteiger partial charge in [-0.2, -0.15) is 0 Å². The third-order valence-corrected chi connectivity index (χ3v) is 4.90. The van der Waals surface area contributed by atoms with Crippen LogP contribution in [0.1, 0.15) is 16.7 Å². The lowest BCUT2D eigenvalue weighted by molar-refractivity contribution is -0.138. The minimum absolute atomic E-state index is 0.0815. The predicted molar refractivity (Wildman–Crippen MR) is 103 cm³/mol. The molecule has 136 valence electrons. The van der Waals surface area contributed by atoms with E-state index in [1.165, 1.54) is 0 Å². The van der Waals surface area contributed by atoms with Gasteiger partial charge in [0.2, 0.25) is 11.8 Å². The van der Waals surface area contributed by atoms with Gasteiger partial charge in [-0.25, -0.2) is 0 Å². The molecule has 0 saturated carbocycles. The van der Waals surface area contributed by atoms with Crippen molar-refractivity contribution in [3.8, 4) is 0 Å². The largest absolute Gasteiger partial charge is 0.339 e. The fourth-order valence-corrected chi connectivity index (χ4v) is 3.46. The van der Waals surface area contributed by atoms with Crippen LogP contribution in [-0.2, 0) is 22.4 Å². The first-order valence-corrected chi connectivity index (χ1v) is 9.24. The van der Waals surface area contributed by atoms with Gasteiger partial charge in [0.1, 0.15) is 0 Å². The molecule has 1 aliphatic rings. The molecule has 1 heterocycles.